The van der Waals surface area contributed by atoms with E-state index in [-0.39, 0.29) is 17.6 Å². The van der Waals surface area contributed by atoms with Gasteiger partial charge in [0, 0.05) is 30.1 Å². The summed E-state index contributed by atoms with van der Waals surface area (Å²) in [5, 5.41) is 0. The molecule has 0 saturated carbocycles. The number of likely N-dealkylation sites (tertiary alicyclic amines) is 1. The Labute approximate surface area is 171 Å². The van der Waals surface area contributed by atoms with E-state index in [2.05, 4.69) is 0 Å². The minimum absolute atomic E-state index is 0.0168. The van der Waals surface area contributed by atoms with E-state index in [9.17, 15) is 9.59 Å². The molecular formula is C24H27NO4. The Morgan fingerprint density at radius 3 is 2.34 bits per heavy atom. The minimum Gasteiger partial charge on any atom is -0.493 e. The van der Waals surface area contributed by atoms with Crippen LogP contribution in [0.1, 0.15) is 45.5 Å². The van der Waals surface area contributed by atoms with Crippen molar-refractivity contribution in [1.29, 1.82) is 0 Å². The summed E-state index contributed by atoms with van der Waals surface area (Å²) in [5.41, 5.74) is 2.56. The summed E-state index contributed by atoms with van der Waals surface area (Å²) in [6.45, 7) is 1.52. The molecule has 1 fully saturated rings. The molecule has 0 N–H and O–H groups in total. The van der Waals surface area contributed by atoms with Gasteiger partial charge in [-0.3, -0.25) is 9.59 Å². The molecule has 1 aliphatic carbocycles. The fraction of sp³-hybridized carbons (Fsp3) is 0.417. The van der Waals surface area contributed by atoms with Crippen LogP contribution in [0.5, 0.6) is 11.5 Å². The number of rotatable bonds is 5. The van der Waals surface area contributed by atoms with E-state index in [1.54, 1.807) is 14.2 Å². The normalized spacial score (nSPS) is 19.2. The van der Waals surface area contributed by atoms with Crippen molar-refractivity contribution in [1.82, 2.24) is 4.90 Å². The number of benzene rings is 2. The molecule has 0 spiro atoms. The summed E-state index contributed by atoms with van der Waals surface area (Å²) in [6.07, 6.45) is 3.54. The predicted octanol–water partition coefficient (Wildman–Crippen LogP) is 4.00. The molecule has 2 aromatic carbocycles. The maximum absolute atomic E-state index is 12.9. The van der Waals surface area contributed by atoms with Crippen LogP contribution in [0.25, 0.3) is 0 Å². The minimum atomic E-state index is 0.0168. The number of ether oxygens (including phenoxy) is 2. The summed E-state index contributed by atoms with van der Waals surface area (Å²) in [4.78, 5) is 27.5. The van der Waals surface area contributed by atoms with Gasteiger partial charge in [-0.05, 0) is 61.4 Å². The molecule has 0 aromatic heterocycles. The lowest BCUT2D eigenvalue weighted by atomic mass is 9.85. The summed E-state index contributed by atoms with van der Waals surface area (Å²) in [5.74, 6) is 2.09. The molecule has 152 valence electrons. The van der Waals surface area contributed by atoms with Crippen LogP contribution in [0.15, 0.2) is 42.5 Å². The van der Waals surface area contributed by atoms with Crippen molar-refractivity contribution >= 4 is 11.7 Å². The number of carbonyl (C=O) groups excluding carboxylic acids is 2. The van der Waals surface area contributed by atoms with Crippen LogP contribution in [-0.2, 0) is 6.42 Å². The summed E-state index contributed by atoms with van der Waals surface area (Å²) < 4.78 is 10.7. The van der Waals surface area contributed by atoms with E-state index in [0.29, 0.717) is 17.4 Å². The molecule has 1 unspecified atom stereocenters. The molecule has 0 bridgehead atoms. The van der Waals surface area contributed by atoms with Crippen molar-refractivity contribution in [2.75, 3.05) is 27.3 Å². The lowest BCUT2D eigenvalue weighted by molar-refractivity contribution is 0.0669. The van der Waals surface area contributed by atoms with Crippen LogP contribution in [0.2, 0.25) is 0 Å². The highest BCUT2D eigenvalue weighted by molar-refractivity contribution is 6.03. The smallest absolute Gasteiger partial charge is 0.253 e. The molecule has 2 aliphatic rings. The maximum atomic E-state index is 12.9. The average Bonchev–Trinajstić information content (AvgIpc) is 3.07. The lowest BCUT2D eigenvalue weighted by Crippen LogP contribution is -2.39. The fourth-order valence-corrected chi connectivity index (χ4v) is 4.63. The molecule has 5 heteroatoms. The first kappa shape index (κ1) is 19.5. The first-order valence-corrected chi connectivity index (χ1v) is 10.2. The first-order chi connectivity index (χ1) is 14.1. The third kappa shape index (κ3) is 3.86. The zero-order valence-electron chi connectivity index (χ0n) is 17.0. The zero-order chi connectivity index (χ0) is 20.4. The summed E-state index contributed by atoms with van der Waals surface area (Å²) >= 11 is 0. The van der Waals surface area contributed by atoms with Gasteiger partial charge in [-0.15, -0.1) is 0 Å². The molecule has 0 radical (unpaired) electrons. The summed E-state index contributed by atoms with van der Waals surface area (Å²) in [7, 11) is 3.20. The largest absolute Gasteiger partial charge is 0.493 e. The van der Waals surface area contributed by atoms with Crippen LogP contribution < -0.4 is 9.47 Å². The van der Waals surface area contributed by atoms with Gasteiger partial charge < -0.3 is 14.4 Å². The molecule has 2 aromatic rings. The number of piperidine rings is 1. The number of carbonyl (C=O) groups is 2. The monoisotopic (exact) mass is 393 g/mol. The topological polar surface area (TPSA) is 55.8 Å². The Hall–Kier alpha value is -2.82. The van der Waals surface area contributed by atoms with Crippen LogP contribution in [0.4, 0.5) is 0 Å². The second-order valence-corrected chi connectivity index (χ2v) is 7.97. The number of hydrogen-bond acceptors (Lipinski definition) is 4. The van der Waals surface area contributed by atoms with E-state index < -0.39 is 0 Å². The van der Waals surface area contributed by atoms with Crippen molar-refractivity contribution < 1.29 is 19.1 Å². The van der Waals surface area contributed by atoms with E-state index in [4.69, 9.17) is 9.47 Å². The van der Waals surface area contributed by atoms with Gasteiger partial charge >= 0.3 is 0 Å². The number of Topliss-reactive ketones (excluding diaryl/α,β-unsaturated/α-hetero) is 1. The van der Waals surface area contributed by atoms with E-state index >= 15 is 0 Å². The van der Waals surface area contributed by atoms with Gasteiger partial charge in [-0.1, -0.05) is 18.2 Å². The second-order valence-electron chi connectivity index (χ2n) is 7.97. The Kier molecular flexibility index (Phi) is 5.56. The van der Waals surface area contributed by atoms with Crippen molar-refractivity contribution in [2.24, 2.45) is 11.8 Å². The number of nitrogens with zero attached hydrogens (tertiary/aromatic N) is 1. The van der Waals surface area contributed by atoms with Gasteiger partial charge in [0.05, 0.1) is 14.2 Å². The number of methoxy groups -OCH3 is 2. The van der Waals surface area contributed by atoms with Gasteiger partial charge in [0.15, 0.2) is 17.3 Å². The Morgan fingerprint density at radius 1 is 1.03 bits per heavy atom. The third-order valence-corrected chi connectivity index (χ3v) is 6.25. The van der Waals surface area contributed by atoms with Gasteiger partial charge in [0.2, 0.25) is 0 Å². The highest BCUT2D eigenvalue weighted by atomic mass is 16.5. The van der Waals surface area contributed by atoms with Crippen molar-refractivity contribution in [3.63, 3.8) is 0 Å². The predicted molar refractivity (Wildman–Crippen MR) is 111 cm³/mol. The number of fused-ring (bicyclic) bond motifs is 1. The van der Waals surface area contributed by atoms with Crippen LogP contribution in [0, 0.1) is 11.8 Å². The summed E-state index contributed by atoms with van der Waals surface area (Å²) in [6, 6.07) is 13.2. The van der Waals surface area contributed by atoms with Crippen LogP contribution >= 0.6 is 0 Å². The molecule has 4 rings (SSSR count). The number of ketones is 1. The zero-order valence-corrected chi connectivity index (χ0v) is 17.0. The first-order valence-electron chi connectivity index (χ1n) is 10.2. The Morgan fingerprint density at radius 2 is 1.69 bits per heavy atom. The molecule has 1 saturated heterocycles. The fourth-order valence-electron chi connectivity index (χ4n) is 4.63. The molecular weight excluding hydrogens is 366 g/mol. The SMILES string of the molecule is COc1cc2c(cc1OC)C(=O)C(CC1CCN(C(=O)c3ccccc3)CC1)C2. The van der Waals surface area contributed by atoms with Gasteiger partial charge in [0.1, 0.15) is 0 Å². The number of amides is 1. The van der Waals surface area contributed by atoms with Gasteiger partial charge in [-0.25, -0.2) is 0 Å². The Balaban J connectivity index is 1.36. The maximum Gasteiger partial charge on any atom is 0.253 e. The van der Waals surface area contributed by atoms with E-state index in [1.165, 1.54) is 0 Å². The molecule has 1 amide bonds. The molecule has 29 heavy (non-hydrogen) atoms. The third-order valence-electron chi connectivity index (χ3n) is 6.25. The van der Waals surface area contributed by atoms with E-state index in [1.807, 2.05) is 47.4 Å². The van der Waals surface area contributed by atoms with Crippen molar-refractivity contribution in [2.45, 2.75) is 25.7 Å². The second kappa shape index (κ2) is 8.27. The molecule has 1 heterocycles. The molecule has 1 atom stereocenters. The quantitative estimate of drug-likeness (QED) is 0.770. The standard InChI is InChI=1S/C24H27NO4/c1-28-21-14-18-13-19(23(26)20(18)15-22(21)29-2)12-16-8-10-25(11-9-16)24(27)17-6-4-3-5-7-17/h3-7,14-16,19H,8-13H2,1-2H3. The Bertz CT molecular complexity index is 901. The number of hydrogen-bond donors (Lipinski definition) is 0. The average molecular weight is 393 g/mol. The van der Waals surface area contributed by atoms with Crippen molar-refractivity contribution in [3.8, 4) is 11.5 Å². The van der Waals surface area contributed by atoms with Crippen molar-refractivity contribution in [3.05, 3.63) is 59.2 Å². The van der Waals surface area contributed by atoms with Crippen LogP contribution in [-0.4, -0.2) is 43.9 Å². The van der Waals surface area contributed by atoms with E-state index in [0.717, 1.165) is 55.5 Å². The van der Waals surface area contributed by atoms with Crippen LogP contribution in [0.3, 0.4) is 0 Å². The van der Waals surface area contributed by atoms with Gasteiger partial charge in [-0.2, -0.15) is 0 Å². The lowest BCUT2D eigenvalue weighted by Gasteiger charge is -2.33. The highest BCUT2D eigenvalue weighted by Gasteiger charge is 2.35. The molecule has 5 nitrogen and oxygen atoms in total. The molecule has 1 aliphatic heterocycles. The highest BCUT2D eigenvalue weighted by Crippen LogP contribution is 2.39. The van der Waals surface area contributed by atoms with Gasteiger partial charge in [0.25, 0.3) is 5.91 Å².